The molecular weight excluding hydrogens is 270 g/mol. The number of rotatable bonds is 7. The summed E-state index contributed by atoms with van der Waals surface area (Å²) in [5.74, 6) is 0.871. The van der Waals surface area contributed by atoms with E-state index in [1.54, 1.807) is 0 Å². The molecule has 0 atom stereocenters. The van der Waals surface area contributed by atoms with E-state index in [4.69, 9.17) is 9.47 Å². The predicted octanol–water partition coefficient (Wildman–Crippen LogP) is 0.989. The standard InChI is InChI=1S/C12H18BrNO2/c1-14(2)6-7-15-8-9-16-12-5-3-4-11(13)10-12/h3-5,10H,6-9H2,1-2H3/p+1. The van der Waals surface area contributed by atoms with Gasteiger partial charge in [0.1, 0.15) is 18.9 Å². The zero-order valence-electron chi connectivity index (χ0n) is 9.83. The van der Waals surface area contributed by atoms with Crippen molar-refractivity contribution in [1.29, 1.82) is 0 Å². The summed E-state index contributed by atoms with van der Waals surface area (Å²) in [7, 11) is 4.22. The van der Waals surface area contributed by atoms with E-state index in [9.17, 15) is 0 Å². The van der Waals surface area contributed by atoms with Gasteiger partial charge in [-0.15, -0.1) is 0 Å². The first-order valence-corrected chi connectivity index (χ1v) is 6.23. The molecule has 0 aromatic heterocycles. The minimum absolute atomic E-state index is 0.596. The van der Waals surface area contributed by atoms with E-state index in [0.717, 1.165) is 23.4 Å². The molecule has 1 aromatic rings. The summed E-state index contributed by atoms with van der Waals surface area (Å²) >= 11 is 3.40. The van der Waals surface area contributed by atoms with Gasteiger partial charge >= 0.3 is 0 Å². The number of quaternary nitrogens is 1. The summed E-state index contributed by atoms with van der Waals surface area (Å²) in [6.07, 6.45) is 0. The third-order valence-corrected chi connectivity index (χ3v) is 2.53. The number of benzene rings is 1. The molecule has 0 spiro atoms. The highest BCUT2D eigenvalue weighted by molar-refractivity contribution is 9.10. The maximum atomic E-state index is 5.53. The predicted molar refractivity (Wildman–Crippen MR) is 68.1 cm³/mol. The van der Waals surface area contributed by atoms with Crippen LogP contribution >= 0.6 is 15.9 Å². The van der Waals surface area contributed by atoms with Gasteiger partial charge in [0.05, 0.1) is 27.3 Å². The van der Waals surface area contributed by atoms with Gasteiger partial charge in [-0.05, 0) is 18.2 Å². The SMILES string of the molecule is C[NH+](C)CCOCCOc1cccc(Br)c1. The highest BCUT2D eigenvalue weighted by atomic mass is 79.9. The molecule has 0 aliphatic rings. The van der Waals surface area contributed by atoms with Crippen molar-refractivity contribution in [3.8, 4) is 5.75 Å². The minimum atomic E-state index is 0.596. The Morgan fingerprint density at radius 2 is 2.00 bits per heavy atom. The van der Waals surface area contributed by atoms with E-state index in [1.807, 2.05) is 24.3 Å². The zero-order chi connectivity index (χ0) is 11.8. The van der Waals surface area contributed by atoms with Crippen molar-refractivity contribution in [3.63, 3.8) is 0 Å². The lowest BCUT2D eigenvalue weighted by molar-refractivity contribution is -0.858. The van der Waals surface area contributed by atoms with Crippen LogP contribution in [0.15, 0.2) is 28.7 Å². The summed E-state index contributed by atoms with van der Waals surface area (Å²) in [6, 6.07) is 7.82. The summed E-state index contributed by atoms with van der Waals surface area (Å²) in [5, 5.41) is 0. The fourth-order valence-electron chi connectivity index (χ4n) is 1.15. The lowest BCUT2D eigenvalue weighted by atomic mass is 10.3. The molecule has 0 aliphatic heterocycles. The largest absolute Gasteiger partial charge is 0.491 e. The molecule has 0 saturated carbocycles. The molecule has 0 bridgehead atoms. The van der Waals surface area contributed by atoms with E-state index in [0.29, 0.717) is 13.2 Å². The minimum Gasteiger partial charge on any atom is -0.491 e. The van der Waals surface area contributed by atoms with Crippen LogP contribution in [0.5, 0.6) is 5.75 Å². The smallest absolute Gasteiger partial charge is 0.120 e. The Labute approximate surface area is 105 Å². The quantitative estimate of drug-likeness (QED) is 0.757. The van der Waals surface area contributed by atoms with Gasteiger partial charge in [-0.1, -0.05) is 22.0 Å². The Morgan fingerprint density at radius 3 is 2.69 bits per heavy atom. The number of hydrogen-bond donors (Lipinski definition) is 1. The summed E-state index contributed by atoms with van der Waals surface area (Å²) in [4.78, 5) is 1.40. The summed E-state index contributed by atoms with van der Waals surface area (Å²) in [5.41, 5.74) is 0. The lowest BCUT2D eigenvalue weighted by Gasteiger charge is -2.09. The van der Waals surface area contributed by atoms with Crippen LogP contribution < -0.4 is 9.64 Å². The van der Waals surface area contributed by atoms with Crippen LogP contribution in [0, 0.1) is 0 Å². The summed E-state index contributed by atoms with van der Waals surface area (Å²) in [6.45, 7) is 3.04. The molecule has 0 fully saturated rings. The number of ether oxygens (including phenoxy) is 2. The first kappa shape index (κ1) is 13.5. The van der Waals surface area contributed by atoms with Crippen LogP contribution in [0.1, 0.15) is 0 Å². The fourth-order valence-corrected chi connectivity index (χ4v) is 1.53. The summed E-state index contributed by atoms with van der Waals surface area (Å²) < 4.78 is 12.0. The first-order valence-electron chi connectivity index (χ1n) is 5.43. The van der Waals surface area contributed by atoms with Gasteiger partial charge in [-0.3, -0.25) is 0 Å². The fraction of sp³-hybridized carbons (Fsp3) is 0.500. The molecule has 16 heavy (non-hydrogen) atoms. The van der Waals surface area contributed by atoms with Gasteiger partial charge in [0.2, 0.25) is 0 Å². The average molecular weight is 289 g/mol. The van der Waals surface area contributed by atoms with Crippen molar-refractivity contribution in [3.05, 3.63) is 28.7 Å². The molecule has 1 rings (SSSR count). The molecule has 0 heterocycles. The molecule has 0 amide bonds. The normalized spacial score (nSPS) is 10.8. The molecule has 3 nitrogen and oxygen atoms in total. The molecular formula is C12H19BrNO2+. The van der Waals surface area contributed by atoms with E-state index >= 15 is 0 Å². The van der Waals surface area contributed by atoms with Crippen LogP contribution in [0.25, 0.3) is 0 Å². The van der Waals surface area contributed by atoms with Gasteiger partial charge in [-0.25, -0.2) is 0 Å². The van der Waals surface area contributed by atoms with Crippen molar-refractivity contribution >= 4 is 15.9 Å². The Morgan fingerprint density at radius 1 is 1.19 bits per heavy atom. The number of nitrogens with one attached hydrogen (secondary N) is 1. The van der Waals surface area contributed by atoms with Gasteiger partial charge in [0, 0.05) is 4.47 Å². The third kappa shape index (κ3) is 6.10. The first-order chi connectivity index (χ1) is 7.68. The van der Waals surface area contributed by atoms with E-state index in [2.05, 4.69) is 30.0 Å². The second-order valence-corrected chi connectivity index (χ2v) is 4.79. The number of hydrogen-bond acceptors (Lipinski definition) is 2. The van der Waals surface area contributed by atoms with Crippen molar-refractivity contribution in [1.82, 2.24) is 0 Å². The maximum absolute atomic E-state index is 5.53. The monoisotopic (exact) mass is 288 g/mol. The number of likely N-dealkylation sites (N-methyl/N-ethyl adjacent to an activating group) is 1. The molecule has 0 unspecified atom stereocenters. The molecule has 0 saturated heterocycles. The van der Waals surface area contributed by atoms with Gasteiger partial charge < -0.3 is 14.4 Å². The van der Waals surface area contributed by atoms with Crippen LogP contribution in [0.4, 0.5) is 0 Å². The highest BCUT2D eigenvalue weighted by Gasteiger charge is 1.96. The molecule has 4 heteroatoms. The zero-order valence-corrected chi connectivity index (χ0v) is 11.4. The lowest BCUT2D eigenvalue weighted by Crippen LogP contribution is -3.06. The second-order valence-electron chi connectivity index (χ2n) is 3.88. The Bertz CT molecular complexity index is 305. The van der Waals surface area contributed by atoms with Crippen LogP contribution in [-0.4, -0.2) is 40.5 Å². The van der Waals surface area contributed by atoms with Crippen molar-refractivity contribution in [2.75, 3.05) is 40.5 Å². The molecule has 1 aromatic carbocycles. The Hall–Kier alpha value is -0.580. The second kappa shape index (κ2) is 7.65. The van der Waals surface area contributed by atoms with Gasteiger partial charge in [-0.2, -0.15) is 0 Å². The molecule has 0 radical (unpaired) electrons. The Kier molecular flexibility index (Phi) is 6.45. The van der Waals surface area contributed by atoms with Crippen LogP contribution in [0.2, 0.25) is 0 Å². The molecule has 0 aliphatic carbocycles. The maximum Gasteiger partial charge on any atom is 0.120 e. The van der Waals surface area contributed by atoms with E-state index in [-0.39, 0.29) is 0 Å². The van der Waals surface area contributed by atoms with Crippen molar-refractivity contribution in [2.45, 2.75) is 0 Å². The topological polar surface area (TPSA) is 22.9 Å². The van der Waals surface area contributed by atoms with E-state index in [1.165, 1.54) is 4.90 Å². The van der Waals surface area contributed by atoms with Crippen molar-refractivity contribution < 1.29 is 14.4 Å². The van der Waals surface area contributed by atoms with Gasteiger partial charge in [0.25, 0.3) is 0 Å². The van der Waals surface area contributed by atoms with Crippen LogP contribution in [-0.2, 0) is 4.74 Å². The van der Waals surface area contributed by atoms with Crippen LogP contribution in [0.3, 0.4) is 0 Å². The molecule has 1 N–H and O–H groups in total. The van der Waals surface area contributed by atoms with E-state index < -0.39 is 0 Å². The van der Waals surface area contributed by atoms with Gasteiger partial charge in [0.15, 0.2) is 0 Å². The highest BCUT2D eigenvalue weighted by Crippen LogP contribution is 2.17. The average Bonchev–Trinajstić information content (AvgIpc) is 2.23. The Balaban J connectivity index is 2.07. The number of halogens is 1. The third-order valence-electron chi connectivity index (χ3n) is 2.04. The van der Waals surface area contributed by atoms with Crippen molar-refractivity contribution in [2.24, 2.45) is 0 Å². The molecule has 90 valence electrons.